The molecule has 1 rings (SSSR count). The van der Waals surface area contributed by atoms with Gasteiger partial charge in [0.25, 0.3) is 0 Å². The van der Waals surface area contributed by atoms with Crippen LogP contribution in [0.3, 0.4) is 0 Å². The Morgan fingerprint density at radius 1 is 1.44 bits per heavy atom. The zero-order valence-corrected chi connectivity index (χ0v) is 11.2. The molecule has 0 aliphatic heterocycles. The van der Waals surface area contributed by atoms with Crippen molar-refractivity contribution < 1.29 is 4.79 Å². The number of unbranched alkanes of at least 4 members (excludes halogenated alkanes) is 1. The van der Waals surface area contributed by atoms with Crippen LogP contribution in [0, 0.1) is 5.92 Å². The van der Waals surface area contributed by atoms with Crippen molar-refractivity contribution in [3.05, 3.63) is 0 Å². The van der Waals surface area contributed by atoms with Gasteiger partial charge in [0.15, 0.2) is 0 Å². The van der Waals surface area contributed by atoms with E-state index in [9.17, 15) is 4.79 Å². The van der Waals surface area contributed by atoms with Gasteiger partial charge < -0.3 is 11.1 Å². The Bertz CT molecular complexity index is 217. The van der Waals surface area contributed by atoms with Crippen molar-refractivity contribution in [2.75, 3.05) is 6.54 Å². The fraction of sp³-hybridized carbons (Fsp3) is 0.917. The van der Waals surface area contributed by atoms with Crippen LogP contribution in [0.25, 0.3) is 0 Å². The monoisotopic (exact) mass is 248 g/mol. The van der Waals surface area contributed by atoms with Gasteiger partial charge in [-0.25, -0.2) is 0 Å². The Morgan fingerprint density at radius 2 is 2.06 bits per heavy atom. The number of carbonyl (C=O) groups excluding carboxylic acids is 1. The molecule has 0 aromatic rings. The highest BCUT2D eigenvalue weighted by molar-refractivity contribution is 5.88. The van der Waals surface area contributed by atoms with Crippen LogP contribution in [0.5, 0.6) is 0 Å². The van der Waals surface area contributed by atoms with Crippen molar-refractivity contribution in [1.29, 1.82) is 0 Å². The molecule has 1 saturated carbocycles. The molecule has 0 radical (unpaired) electrons. The minimum Gasteiger partial charge on any atom is -0.354 e. The first-order chi connectivity index (χ1) is 7.12. The third-order valence-electron chi connectivity index (χ3n) is 3.34. The highest BCUT2D eigenvalue weighted by atomic mass is 35.5. The summed E-state index contributed by atoms with van der Waals surface area (Å²) < 4.78 is 0. The van der Waals surface area contributed by atoms with Crippen LogP contribution in [-0.4, -0.2) is 18.0 Å². The highest BCUT2D eigenvalue weighted by Crippen LogP contribution is 2.32. The van der Waals surface area contributed by atoms with E-state index in [0.29, 0.717) is 5.92 Å². The van der Waals surface area contributed by atoms with Gasteiger partial charge in [0.1, 0.15) is 0 Å². The van der Waals surface area contributed by atoms with Crippen LogP contribution >= 0.6 is 12.4 Å². The number of amides is 1. The van der Waals surface area contributed by atoms with Crippen molar-refractivity contribution in [3.8, 4) is 0 Å². The first-order valence-corrected chi connectivity index (χ1v) is 6.19. The van der Waals surface area contributed by atoms with Crippen molar-refractivity contribution in [3.63, 3.8) is 0 Å². The molecule has 4 heteroatoms. The minimum atomic E-state index is -0.511. The quantitative estimate of drug-likeness (QED) is 0.726. The van der Waals surface area contributed by atoms with Gasteiger partial charge in [0, 0.05) is 6.54 Å². The molecule has 3 nitrogen and oxygen atoms in total. The molecule has 1 fully saturated rings. The second-order valence-electron chi connectivity index (χ2n) is 4.78. The summed E-state index contributed by atoms with van der Waals surface area (Å²) in [5.41, 5.74) is 5.29. The van der Waals surface area contributed by atoms with Crippen LogP contribution in [-0.2, 0) is 4.79 Å². The number of carbonyl (C=O) groups is 1. The Hall–Kier alpha value is -0.280. The Balaban J connectivity index is 0.00000225. The number of nitrogens with two attached hydrogens (primary N) is 1. The molecule has 96 valence electrons. The molecular formula is C12H25ClN2O. The first-order valence-electron chi connectivity index (χ1n) is 6.19. The zero-order chi connectivity index (χ0) is 11.3. The van der Waals surface area contributed by atoms with E-state index in [0.717, 1.165) is 25.8 Å². The van der Waals surface area contributed by atoms with Gasteiger partial charge in [0.05, 0.1) is 5.54 Å². The Kier molecular flexibility index (Phi) is 7.00. The predicted molar refractivity (Wildman–Crippen MR) is 69.7 cm³/mol. The number of halogens is 1. The summed E-state index contributed by atoms with van der Waals surface area (Å²) in [5.74, 6) is 0.675. The van der Waals surface area contributed by atoms with E-state index in [-0.39, 0.29) is 18.3 Å². The molecular weight excluding hydrogens is 224 g/mol. The van der Waals surface area contributed by atoms with Crippen molar-refractivity contribution in [1.82, 2.24) is 5.32 Å². The summed E-state index contributed by atoms with van der Waals surface area (Å²) in [6.07, 6.45) is 6.53. The molecule has 16 heavy (non-hydrogen) atoms. The lowest BCUT2D eigenvalue weighted by Gasteiger charge is -2.17. The molecule has 3 N–H and O–H groups in total. The summed E-state index contributed by atoms with van der Waals surface area (Å²) >= 11 is 0. The maximum absolute atomic E-state index is 11.6. The summed E-state index contributed by atoms with van der Waals surface area (Å²) in [5, 5.41) is 2.98. The average Bonchev–Trinajstić information content (AvgIpc) is 2.98. The molecule has 0 aromatic heterocycles. The molecule has 0 bridgehead atoms. The van der Waals surface area contributed by atoms with E-state index in [1.54, 1.807) is 0 Å². The summed E-state index contributed by atoms with van der Waals surface area (Å²) in [4.78, 5) is 11.6. The van der Waals surface area contributed by atoms with Crippen LogP contribution < -0.4 is 11.1 Å². The van der Waals surface area contributed by atoms with Crippen LogP contribution in [0.2, 0.25) is 0 Å². The third-order valence-corrected chi connectivity index (χ3v) is 3.34. The van der Waals surface area contributed by atoms with Gasteiger partial charge in [-0.05, 0) is 25.2 Å². The number of hydrogen-bond donors (Lipinski definition) is 2. The lowest BCUT2D eigenvalue weighted by Crippen LogP contribution is -2.44. The van der Waals surface area contributed by atoms with E-state index >= 15 is 0 Å². The molecule has 1 amide bonds. The SMILES string of the molecule is CCCCC(CC)CNC(=O)C1(N)CC1.Cl. The second-order valence-corrected chi connectivity index (χ2v) is 4.78. The van der Waals surface area contributed by atoms with Gasteiger partial charge >= 0.3 is 0 Å². The normalized spacial score (nSPS) is 18.4. The molecule has 1 atom stereocenters. The van der Waals surface area contributed by atoms with Gasteiger partial charge in [0.2, 0.25) is 5.91 Å². The molecule has 1 aliphatic rings. The van der Waals surface area contributed by atoms with E-state index < -0.39 is 5.54 Å². The largest absolute Gasteiger partial charge is 0.354 e. The number of rotatable bonds is 7. The van der Waals surface area contributed by atoms with E-state index in [1.165, 1.54) is 19.3 Å². The van der Waals surface area contributed by atoms with Crippen LogP contribution in [0.1, 0.15) is 52.4 Å². The predicted octanol–water partition coefficient (Wildman–Crippen LogP) is 2.23. The summed E-state index contributed by atoms with van der Waals surface area (Å²) in [6, 6.07) is 0. The fourth-order valence-corrected chi connectivity index (χ4v) is 1.72. The van der Waals surface area contributed by atoms with Crippen molar-refractivity contribution in [2.24, 2.45) is 11.7 Å². The van der Waals surface area contributed by atoms with Gasteiger partial charge in [-0.2, -0.15) is 0 Å². The van der Waals surface area contributed by atoms with Gasteiger partial charge in [-0.15, -0.1) is 12.4 Å². The Morgan fingerprint density at radius 3 is 2.50 bits per heavy atom. The van der Waals surface area contributed by atoms with E-state index in [4.69, 9.17) is 5.73 Å². The summed E-state index contributed by atoms with van der Waals surface area (Å²) in [7, 11) is 0. The smallest absolute Gasteiger partial charge is 0.240 e. The highest BCUT2D eigenvalue weighted by Gasteiger charge is 2.45. The molecule has 0 aromatic carbocycles. The molecule has 0 saturated heterocycles. The molecule has 1 unspecified atom stereocenters. The lowest BCUT2D eigenvalue weighted by molar-refractivity contribution is -0.123. The van der Waals surface area contributed by atoms with Crippen LogP contribution in [0.15, 0.2) is 0 Å². The minimum absolute atomic E-state index is 0. The topological polar surface area (TPSA) is 55.1 Å². The maximum Gasteiger partial charge on any atom is 0.240 e. The zero-order valence-electron chi connectivity index (χ0n) is 10.4. The number of hydrogen-bond acceptors (Lipinski definition) is 2. The van der Waals surface area contributed by atoms with Gasteiger partial charge in [-0.3, -0.25) is 4.79 Å². The Labute approximate surface area is 105 Å². The third kappa shape index (κ3) is 4.71. The lowest BCUT2D eigenvalue weighted by atomic mass is 9.99. The van der Waals surface area contributed by atoms with E-state index in [1.807, 2.05) is 0 Å². The van der Waals surface area contributed by atoms with Crippen molar-refractivity contribution in [2.45, 2.75) is 57.9 Å². The van der Waals surface area contributed by atoms with Crippen molar-refractivity contribution >= 4 is 18.3 Å². The fourth-order valence-electron chi connectivity index (χ4n) is 1.72. The van der Waals surface area contributed by atoms with E-state index in [2.05, 4.69) is 19.2 Å². The van der Waals surface area contributed by atoms with Crippen LogP contribution in [0.4, 0.5) is 0 Å². The molecule has 0 heterocycles. The second kappa shape index (κ2) is 7.13. The standard InChI is InChI=1S/C12H24N2O.ClH/c1-3-5-6-10(4-2)9-14-11(15)12(13)7-8-12;/h10H,3-9,13H2,1-2H3,(H,14,15);1H. The average molecular weight is 249 g/mol. The molecule has 1 aliphatic carbocycles. The first kappa shape index (κ1) is 15.7. The molecule has 0 spiro atoms. The summed E-state index contributed by atoms with van der Waals surface area (Å²) in [6.45, 7) is 5.18. The van der Waals surface area contributed by atoms with Gasteiger partial charge in [-0.1, -0.05) is 33.1 Å². The number of nitrogens with one attached hydrogen (secondary N) is 1. The maximum atomic E-state index is 11.6.